The summed E-state index contributed by atoms with van der Waals surface area (Å²) in [6, 6.07) is 0. The number of nitrogens with zero attached hydrogens (tertiary/aromatic N) is 1. The minimum absolute atomic E-state index is 0.0269. The Labute approximate surface area is 114 Å². The number of carbonyl (C=O) groups is 1. The van der Waals surface area contributed by atoms with E-state index in [-0.39, 0.29) is 23.0 Å². The number of amides is 1. The fourth-order valence-electron chi connectivity index (χ4n) is 3.79. The van der Waals surface area contributed by atoms with Gasteiger partial charge >= 0.3 is 6.09 Å². The number of piperidine rings is 1. The Kier molecular flexibility index (Phi) is 3.56. The highest BCUT2D eigenvalue weighted by atomic mass is 16.5. The molecule has 1 amide bonds. The molecule has 0 saturated carbocycles. The summed E-state index contributed by atoms with van der Waals surface area (Å²) in [4.78, 5) is 12.4. The SMILES string of the molecule is C[C@@H]1OC(C(C)(C)C)C2(CCN(C(=O)O)CC2)C1O. The number of hydrogen-bond acceptors (Lipinski definition) is 3. The summed E-state index contributed by atoms with van der Waals surface area (Å²) in [7, 11) is 0. The van der Waals surface area contributed by atoms with Crippen molar-refractivity contribution in [2.24, 2.45) is 10.8 Å². The Morgan fingerprint density at radius 2 is 1.84 bits per heavy atom. The lowest BCUT2D eigenvalue weighted by Gasteiger charge is -2.46. The molecule has 2 heterocycles. The van der Waals surface area contributed by atoms with Crippen LogP contribution in [0.1, 0.15) is 40.5 Å². The second kappa shape index (κ2) is 4.63. The zero-order valence-corrected chi connectivity index (χ0v) is 12.2. The summed E-state index contributed by atoms with van der Waals surface area (Å²) in [5, 5.41) is 19.6. The molecule has 2 N–H and O–H groups in total. The van der Waals surface area contributed by atoms with Crippen molar-refractivity contribution in [1.29, 1.82) is 0 Å². The average Bonchev–Trinajstić information content (AvgIpc) is 2.55. The highest BCUT2D eigenvalue weighted by Gasteiger charge is 2.58. The molecular weight excluding hydrogens is 246 g/mol. The van der Waals surface area contributed by atoms with E-state index in [1.54, 1.807) is 0 Å². The first-order valence-corrected chi connectivity index (χ1v) is 7.00. The fourth-order valence-corrected chi connectivity index (χ4v) is 3.79. The van der Waals surface area contributed by atoms with Gasteiger partial charge in [-0.15, -0.1) is 0 Å². The van der Waals surface area contributed by atoms with Crippen LogP contribution in [0.25, 0.3) is 0 Å². The van der Waals surface area contributed by atoms with Crippen molar-refractivity contribution >= 4 is 6.09 Å². The summed E-state index contributed by atoms with van der Waals surface area (Å²) in [6.45, 7) is 9.22. The van der Waals surface area contributed by atoms with Gasteiger partial charge in [0.25, 0.3) is 0 Å². The lowest BCUT2D eigenvalue weighted by atomic mass is 9.64. The molecule has 19 heavy (non-hydrogen) atoms. The maximum absolute atomic E-state index is 11.0. The van der Waals surface area contributed by atoms with Crippen molar-refractivity contribution in [3.05, 3.63) is 0 Å². The Balaban J connectivity index is 2.22. The second-order valence-corrected chi connectivity index (χ2v) is 7.03. The van der Waals surface area contributed by atoms with Gasteiger partial charge in [-0.1, -0.05) is 20.8 Å². The normalized spacial score (nSPS) is 34.8. The highest BCUT2D eigenvalue weighted by molar-refractivity contribution is 5.65. The molecule has 2 rings (SSSR count). The quantitative estimate of drug-likeness (QED) is 0.706. The van der Waals surface area contributed by atoms with E-state index in [1.165, 1.54) is 4.90 Å². The van der Waals surface area contributed by atoms with Gasteiger partial charge in [0.1, 0.15) is 0 Å². The van der Waals surface area contributed by atoms with Crippen LogP contribution in [0.15, 0.2) is 0 Å². The average molecular weight is 271 g/mol. The fraction of sp³-hybridized carbons (Fsp3) is 0.929. The van der Waals surface area contributed by atoms with Gasteiger partial charge in [-0.25, -0.2) is 4.79 Å². The van der Waals surface area contributed by atoms with Gasteiger partial charge in [0.15, 0.2) is 0 Å². The zero-order valence-electron chi connectivity index (χ0n) is 12.2. The van der Waals surface area contributed by atoms with Crippen LogP contribution in [-0.2, 0) is 4.74 Å². The topological polar surface area (TPSA) is 70.0 Å². The summed E-state index contributed by atoms with van der Waals surface area (Å²) in [5.41, 5.74) is -0.360. The smallest absolute Gasteiger partial charge is 0.407 e. The van der Waals surface area contributed by atoms with E-state index in [4.69, 9.17) is 9.84 Å². The van der Waals surface area contributed by atoms with E-state index in [2.05, 4.69) is 20.8 Å². The minimum Gasteiger partial charge on any atom is -0.465 e. The molecule has 2 unspecified atom stereocenters. The predicted molar refractivity (Wildman–Crippen MR) is 71.1 cm³/mol. The van der Waals surface area contributed by atoms with Crippen LogP contribution in [0.3, 0.4) is 0 Å². The molecule has 0 bridgehead atoms. The van der Waals surface area contributed by atoms with E-state index < -0.39 is 12.2 Å². The number of rotatable bonds is 0. The molecule has 0 radical (unpaired) electrons. The third kappa shape index (κ3) is 2.34. The highest BCUT2D eigenvalue weighted by Crippen LogP contribution is 2.52. The Hall–Kier alpha value is -0.810. The molecule has 0 aliphatic carbocycles. The lowest BCUT2D eigenvalue weighted by molar-refractivity contribution is -0.0734. The summed E-state index contributed by atoms with van der Waals surface area (Å²) in [5.74, 6) is 0. The van der Waals surface area contributed by atoms with E-state index in [1.807, 2.05) is 6.92 Å². The largest absolute Gasteiger partial charge is 0.465 e. The van der Waals surface area contributed by atoms with Gasteiger partial charge in [0, 0.05) is 18.5 Å². The number of aliphatic hydroxyl groups excluding tert-OH is 1. The van der Waals surface area contributed by atoms with Crippen molar-refractivity contribution in [2.45, 2.75) is 58.8 Å². The second-order valence-electron chi connectivity index (χ2n) is 7.03. The molecule has 2 aliphatic heterocycles. The molecule has 0 aromatic rings. The Morgan fingerprint density at radius 3 is 2.26 bits per heavy atom. The van der Waals surface area contributed by atoms with Crippen LogP contribution in [0, 0.1) is 10.8 Å². The van der Waals surface area contributed by atoms with Crippen LogP contribution < -0.4 is 0 Å². The van der Waals surface area contributed by atoms with E-state index in [0.717, 1.165) is 0 Å². The lowest BCUT2D eigenvalue weighted by Crippen LogP contribution is -2.53. The Morgan fingerprint density at radius 1 is 1.32 bits per heavy atom. The van der Waals surface area contributed by atoms with E-state index >= 15 is 0 Å². The van der Waals surface area contributed by atoms with Gasteiger partial charge in [-0.3, -0.25) is 0 Å². The van der Waals surface area contributed by atoms with Crippen molar-refractivity contribution in [2.75, 3.05) is 13.1 Å². The third-order valence-electron chi connectivity index (χ3n) is 4.66. The maximum Gasteiger partial charge on any atom is 0.407 e. The molecule has 2 saturated heterocycles. The van der Waals surface area contributed by atoms with E-state index in [9.17, 15) is 9.90 Å². The number of carboxylic acid groups (broad SMARTS) is 1. The zero-order chi connectivity index (χ0) is 14.4. The van der Waals surface area contributed by atoms with Gasteiger partial charge in [-0.05, 0) is 25.2 Å². The molecule has 5 heteroatoms. The van der Waals surface area contributed by atoms with Crippen LogP contribution >= 0.6 is 0 Å². The molecule has 2 fully saturated rings. The summed E-state index contributed by atoms with van der Waals surface area (Å²) < 4.78 is 6.01. The molecule has 0 aromatic heterocycles. The van der Waals surface area contributed by atoms with Gasteiger partial charge in [0.05, 0.1) is 18.3 Å². The monoisotopic (exact) mass is 271 g/mol. The van der Waals surface area contributed by atoms with Gasteiger partial charge in [0.2, 0.25) is 0 Å². The number of hydrogen-bond donors (Lipinski definition) is 2. The molecule has 3 atom stereocenters. The summed E-state index contributed by atoms with van der Waals surface area (Å²) in [6.07, 6.45) is -0.239. The summed E-state index contributed by atoms with van der Waals surface area (Å²) >= 11 is 0. The Bertz CT molecular complexity index is 355. The number of likely N-dealkylation sites (tertiary alicyclic amines) is 1. The molecule has 5 nitrogen and oxygen atoms in total. The molecule has 0 aromatic carbocycles. The van der Waals surface area contributed by atoms with Crippen molar-refractivity contribution in [1.82, 2.24) is 4.90 Å². The molecule has 2 aliphatic rings. The van der Waals surface area contributed by atoms with Crippen LogP contribution in [0.2, 0.25) is 0 Å². The standard InChI is InChI=1S/C14H25NO4/c1-9-10(16)14(11(19-9)13(2,3)4)5-7-15(8-6-14)12(17)18/h9-11,16H,5-8H2,1-4H3,(H,17,18)/t9-,10?,11?/m0/s1. The van der Waals surface area contributed by atoms with Crippen LogP contribution in [-0.4, -0.2) is 52.6 Å². The number of ether oxygens (including phenoxy) is 1. The minimum atomic E-state index is -0.872. The van der Waals surface area contributed by atoms with Crippen molar-refractivity contribution < 1.29 is 19.7 Å². The van der Waals surface area contributed by atoms with Crippen LogP contribution in [0.5, 0.6) is 0 Å². The van der Waals surface area contributed by atoms with Gasteiger partial charge in [-0.2, -0.15) is 0 Å². The first-order valence-electron chi connectivity index (χ1n) is 7.00. The predicted octanol–water partition coefficient (Wildman–Crippen LogP) is 1.94. The maximum atomic E-state index is 11.0. The molecular formula is C14H25NO4. The van der Waals surface area contributed by atoms with Gasteiger partial charge < -0.3 is 19.8 Å². The number of aliphatic hydroxyl groups is 1. The van der Waals surface area contributed by atoms with Crippen molar-refractivity contribution in [3.63, 3.8) is 0 Å². The molecule has 110 valence electrons. The van der Waals surface area contributed by atoms with E-state index in [0.29, 0.717) is 25.9 Å². The molecule has 1 spiro atoms. The third-order valence-corrected chi connectivity index (χ3v) is 4.66. The van der Waals surface area contributed by atoms with Crippen molar-refractivity contribution in [3.8, 4) is 0 Å². The first kappa shape index (κ1) is 14.6. The first-order chi connectivity index (χ1) is 8.68. The van der Waals surface area contributed by atoms with Crippen LogP contribution in [0.4, 0.5) is 4.79 Å².